The van der Waals surface area contributed by atoms with Gasteiger partial charge in [0.25, 0.3) is 0 Å². The predicted molar refractivity (Wildman–Crippen MR) is 153 cm³/mol. The monoisotopic (exact) mass is 639 g/mol. The van der Waals surface area contributed by atoms with Crippen LogP contribution < -0.4 is 15.1 Å². The van der Waals surface area contributed by atoms with Crippen LogP contribution in [-0.4, -0.2) is 32.6 Å². The summed E-state index contributed by atoms with van der Waals surface area (Å²) in [5.74, 6) is -3.18. The van der Waals surface area contributed by atoms with E-state index in [9.17, 15) is 28.7 Å². The molecule has 1 aromatic heterocycles. The molecule has 12 heteroatoms. The van der Waals surface area contributed by atoms with E-state index < -0.39 is 40.6 Å². The number of carbonyl (C=O) groups is 3. The number of nitrogens with zero attached hydrogens (tertiary/aromatic N) is 2. The van der Waals surface area contributed by atoms with Crippen molar-refractivity contribution in [3.63, 3.8) is 0 Å². The van der Waals surface area contributed by atoms with Crippen LogP contribution >= 0.6 is 39.0 Å². The van der Waals surface area contributed by atoms with Gasteiger partial charge in [-0.1, -0.05) is 51.2 Å². The Kier molecular flexibility index (Phi) is 6.85. The standard InChI is InChI=1S/C28H19BrFN3O5S2/c29-15-3-1-14(2-4-15)21-22-23(26(37)33(25(22)36)18-9-5-16(30)6-10-18)39-27-24(21)40-28(38)32(27)13-20(35)31-17-7-11-19(34)12-8-17/h1-12,21-23,34H,13H2,(H,31,35)/t21-,22?,23?/m1/s1. The van der Waals surface area contributed by atoms with E-state index in [1.54, 1.807) is 0 Å². The quantitative estimate of drug-likeness (QED) is 0.236. The number of imide groups is 1. The molecule has 0 bridgehead atoms. The predicted octanol–water partition coefficient (Wildman–Crippen LogP) is 4.95. The number of benzene rings is 3. The van der Waals surface area contributed by atoms with Gasteiger partial charge in [-0.15, -0.1) is 0 Å². The second-order valence-corrected chi connectivity index (χ2v) is 12.3. The molecule has 0 saturated carbocycles. The smallest absolute Gasteiger partial charge is 0.308 e. The normalized spacial score (nSPS) is 19.9. The fourth-order valence-corrected chi connectivity index (χ4v) is 8.06. The lowest BCUT2D eigenvalue weighted by Gasteiger charge is -2.30. The Labute approximate surface area is 243 Å². The second-order valence-electron chi connectivity index (χ2n) is 9.30. The molecule has 2 aliphatic heterocycles. The van der Waals surface area contributed by atoms with Gasteiger partial charge >= 0.3 is 4.87 Å². The Balaban J connectivity index is 1.40. The molecule has 3 amide bonds. The minimum absolute atomic E-state index is 0.0523. The van der Waals surface area contributed by atoms with Gasteiger partial charge in [0.15, 0.2) is 0 Å². The minimum Gasteiger partial charge on any atom is -0.508 e. The first kappa shape index (κ1) is 26.5. The average Bonchev–Trinajstić information content (AvgIpc) is 3.37. The fraction of sp³-hybridized carbons (Fsp3) is 0.143. The number of nitrogens with one attached hydrogen (secondary N) is 1. The number of halogens is 2. The Morgan fingerprint density at radius 2 is 1.62 bits per heavy atom. The minimum atomic E-state index is -0.848. The van der Waals surface area contributed by atoms with Gasteiger partial charge in [0.2, 0.25) is 17.7 Å². The van der Waals surface area contributed by atoms with E-state index in [2.05, 4.69) is 21.2 Å². The number of phenolic OH excluding ortho intramolecular Hbond substituents is 1. The van der Waals surface area contributed by atoms with Crippen molar-refractivity contribution in [3.8, 4) is 5.75 Å². The van der Waals surface area contributed by atoms with E-state index in [0.29, 0.717) is 15.6 Å². The number of aromatic hydroxyl groups is 1. The Bertz CT molecular complexity index is 1700. The Morgan fingerprint density at radius 3 is 2.30 bits per heavy atom. The maximum Gasteiger partial charge on any atom is 0.308 e. The zero-order chi connectivity index (χ0) is 28.1. The number of anilines is 2. The average molecular weight is 641 g/mol. The lowest BCUT2D eigenvalue weighted by atomic mass is 9.83. The molecule has 3 aromatic carbocycles. The molecule has 3 heterocycles. The topological polar surface area (TPSA) is 109 Å². The van der Waals surface area contributed by atoms with Crippen LogP contribution in [0.5, 0.6) is 5.75 Å². The first-order valence-corrected chi connectivity index (χ1v) is 14.6. The highest BCUT2D eigenvalue weighted by atomic mass is 79.9. The third-order valence-electron chi connectivity index (χ3n) is 6.82. The van der Waals surface area contributed by atoms with Crippen molar-refractivity contribution in [2.24, 2.45) is 5.92 Å². The zero-order valence-corrected chi connectivity index (χ0v) is 23.6. The number of thiazole rings is 1. The molecule has 1 fully saturated rings. The molecular weight excluding hydrogens is 621 g/mol. The number of hydrogen-bond donors (Lipinski definition) is 2. The zero-order valence-electron chi connectivity index (χ0n) is 20.4. The van der Waals surface area contributed by atoms with E-state index in [-0.39, 0.29) is 22.9 Å². The van der Waals surface area contributed by atoms with Crippen molar-refractivity contribution >= 4 is 68.1 Å². The summed E-state index contributed by atoms with van der Waals surface area (Å²) >= 11 is 5.49. The number of fused-ring (bicyclic) bond motifs is 2. The summed E-state index contributed by atoms with van der Waals surface area (Å²) in [5, 5.41) is 11.8. The summed E-state index contributed by atoms with van der Waals surface area (Å²) in [6, 6.07) is 18.4. The lowest BCUT2D eigenvalue weighted by molar-refractivity contribution is -0.122. The van der Waals surface area contributed by atoms with Crippen molar-refractivity contribution < 1.29 is 23.9 Å². The number of phenols is 1. The maximum absolute atomic E-state index is 13.8. The van der Waals surface area contributed by atoms with Gasteiger partial charge in [0.1, 0.15) is 23.4 Å². The first-order chi connectivity index (χ1) is 19.2. The molecule has 8 nitrogen and oxygen atoms in total. The Hall–Kier alpha value is -3.74. The third-order valence-corrected chi connectivity index (χ3v) is 9.95. The number of thioether (sulfide) groups is 1. The molecule has 4 aromatic rings. The molecule has 2 N–H and O–H groups in total. The number of aromatic nitrogens is 1. The molecule has 0 aliphatic carbocycles. The largest absolute Gasteiger partial charge is 0.508 e. The van der Waals surface area contributed by atoms with Crippen LogP contribution in [0.3, 0.4) is 0 Å². The summed E-state index contributed by atoms with van der Waals surface area (Å²) in [6.45, 7) is -0.299. The van der Waals surface area contributed by atoms with Crippen LogP contribution in [0.4, 0.5) is 15.8 Å². The highest BCUT2D eigenvalue weighted by Crippen LogP contribution is 2.53. The number of hydrogen-bond acceptors (Lipinski definition) is 7. The molecule has 2 aliphatic rings. The van der Waals surface area contributed by atoms with Crippen LogP contribution in [0.1, 0.15) is 16.4 Å². The molecular formula is C28H19BrFN3O5S2. The molecule has 3 atom stereocenters. The highest BCUT2D eigenvalue weighted by Gasteiger charge is 2.56. The Morgan fingerprint density at radius 1 is 0.950 bits per heavy atom. The van der Waals surface area contributed by atoms with Crippen LogP contribution in [-0.2, 0) is 20.9 Å². The van der Waals surface area contributed by atoms with E-state index >= 15 is 0 Å². The third kappa shape index (κ3) is 4.65. The highest BCUT2D eigenvalue weighted by molar-refractivity contribution is 9.10. The van der Waals surface area contributed by atoms with E-state index in [1.807, 2.05) is 24.3 Å². The van der Waals surface area contributed by atoms with Gasteiger partial charge in [-0.25, -0.2) is 9.29 Å². The summed E-state index contributed by atoms with van der Waals surface area (Å²) in [7, 11) is 0. The van der Waals surface area contributed by atoms with Crippen LogP contribution in [0.15, 0.2) is 87.1 Å². The first-order valence-electron chi connectivity index (χ1n) is 12.1. The van der Waals surface area contributed by atoms with Gasteiger partial charge in [-0.2, -0.15) is 0 Å². The number of carbonyl (C=O) groups excluding carboxylic acids is 3. The molecule has 6 rings (SSSR count). The summed E-state index contributed by atoms with van der Waals surface area (Å²) < 4.78 is 15.8. The summed E-state index contributed by atoms with van der Waals surface area (Å²) in [6.07, 6.45) is 0. The van der Waals surface area contributed by atoms with Gasteiger partial charge in [0, 0.05) is 21.0 Å². The number of rotatable bonds is 5. The van der Waals surface area contributed by atoms with Crippen molar-refractivity contribution in [3.05, 3.63) is 103 Å². The van der Waals surface area contributed by atoms with Crippen LogP contribution in [0, 0.1) is 11.7 Å². The molecule has 0 radical (unpaired) electrons. The fourth-order valence-electron chi connectivity index (χ4n) is 5.02. The molecule has 40 heavy (non-hydrogen) atoms. The maximum atomic E-state index is 13.8. The molecule has 1 saturated heterocycles. The van der Waals surface area contributed by atoms with Gasteiger partial charge < -0.3 is 10.4 Å². The van der Waals surface area contributed by atoms with Crippen molar-refractivity contribution in [2.45, 2.75) is 22.7 Å². The number of amides is 3. The second kappa shape index (κ2) is 10.3. The SMILES string of the molecule is O=C(Cn1c2c(sc1=O)[C@H](c1ccc(Br)cc1)C1C(=O)N(c3ccc(F)cc3)C(=O)C1S2)Nc1ccc(O)cc1. The van der Waals surface area contributed by atoms with Crippen molar-refractivity contribution in [1.82, 2.24) is 4.57 Å². The summed E-state index contributed by atoms with van der Waals surface area (Å²) in [4.78, 5) is 54.9. The van der Waals surface area contributed by atoms with E-state index in [0.717, 1.165) is 38.0 Å². The lowest BCUT2D eigenvalue weighted by Crippen LogP contribution is -2.33. The van der Waals surface area contributed by atoms with Gasteiger partial charge in [-0.05, 0) is 66.2 Å². The molecule has 202 valence electrons. The van der Waals surface area contributed by atoms with E-state index in [1.165, 1.54) is 53.1 Å². The van der Waals surface area contributed by atoms with E-state index in [4.69, 9.17) is 0 Å². The van der Waals surface area contributed by atoms with Gasteiger partial charge in [0.05, 0.1) is 16.6 Å². The van der Waals surface area contributed by atoms with Gasteiger partial charge in [-0.3, -0.25) is 23.7 Å². The summed E-state index contributed by atoms with van der Waals surface area (Å²) in [5.41, 5.74) is 1.48. The molecule has 2 unspecified atom stereocenters. The molecule has 0 spiro atoms. The van der Waals surface area contributed by atoms with Crippen molar-refractivity contribution in [2.75, 3.05) is 10.2 Å². The van der Waals surface area contributed by atoms with Crippen LogP contribution in [0.25, 0.3) is 0 Å². The van der Waals surface area contributed by atoms with Crippen LogP contribution in [0.2, 0.25) is 0 Å². The van der Waals surface area contributed by atoms with Crippen molar-refractivity contribution in [1.29, 1.82) is 0 Å².